The van der Waals surface area contributed by atoms with Gasteiger partial charge in [-0.15, -0.1) is 0 Å². The summed E-state index contributed by atoms with van der Waals surface area (Å²) in [7, 11) is 0. The summed E-state index contributed by atoms with van der Waals surface area (Å²) >= 11 is 12.3. The third-order valence-corrected chi connectivity index (χ3v) is 6.29. The Labute approximate surface area is 193 Å². The molecule has 1 aromatic heterocycles. The number of rotatable bonds is 5. The van der Waals surface area contributed by atoms with E-state index in [1.54, 1.807) is 6.07 Å². The van der Waals surface area contributed by atoms with Gasteiger partial charge in [0, 0.05) is 54.0 Å². The fourth-order valence-corrected chi connectivity index (χ4v) is 4.41. The molecule has 0 unspecified atom stereocenters. The molecule has 7 heteroatoms. The zero-order valence-electron chi connectivity index (χ0n) is 17.8. The molecular formula is C24H26Cl2N4O. The molecule has 2 aromatic carbocycles. The van der Waals surface area contributed by atoms with E-state index in [-0.39, 0.29) is 5.91 Å². The van der Waals surface area contributed by atoms with Crippen LogP contribution in [0.2, 0.25) is 10.0 Å². The number of aromatic nitrogens is 2. The summed E-state index contributed by atoms with van der Waals surface area (Å²) in [6.45, 7) is 8.57. The molecule has 162 valence electrons. The van der Waals surface area contributed by atoms with Crippen LogP contribution in [0.1, 0.15) is 32.9 Å². The number of aryl methyl sites for hydroxylation is 2. The van der Waals surface area contributed by atoms with Crippen molar-refractivity contribution in [3.63, 3.8) is 0 Å². The Morgan fingerprint density at radius 1 is 0.935 bits per heavy atom. The molecule has 0 aliphatic carbocycles. The van der Waals surface area contributed by atoms with Crippen LogP contribution in [0.4, 0.5) is 0 Å². The molecule has 4 rings (SSSR count). The van der Waals surface area contributed by atoms with E-state index in [4.69, 9.17) is 23.2 Å². The number of carbonyl (C=O) groups is 1. The maximum absolute atomic E-state index is 12.9. The van der Waals surface area contributed by atoms with Gasteiger partial charge in [-0.1, -0.05) is 41.4 Å². The molecule has 3 aromatic rings. The molecule has 0 spiro atoms. The second-order valence-corrected chi connectivity index (χ2v) is 8.93. The molecule has 0 radical (unpaired) electrons. The summed E-state index contributed by atoms with van der Waals surface area (Å²) in [5.74, 6) is 0.0850. The number of nitrogens with zero attached hydrogens (tertiary/aromatic N) is 4. The van der Waals surface area contributed by atoms with Crippen LogP contribution in [0.5, 0.6) is 0 Å². The second kappa shape index (κ2) is 9.43. The van der Waals surface area contributed by atoms with Crippen molar-refractivity contribution in [3.05, 3.63) is 86.7 Å². The molecule has 1 amide bonds. The van der Waals surface area contributed by atoms with E-state index in [2.05, 4.69) is 23.0 Å². The van der Waals surface area contributed by atoms with E-state index in [0.29, 0.717) is 29.7 Å². The quantitative estimate of drug-likeness (QED) is 0.552. The van der Waals surface area contributed by atoms with E-state index >= 15 is 0 Å². The van der Waals surface area contributed by atoms with Crippen molar-refractivity contribution in [2.24, 2.45) is 0 Å². The van der Waals surface area contributed by atoms with Crippen LogP contribution >= 0.6 is 23.2 Å². The Kier molecular flexibility index (Phi) is 6.65. The Balaban J connectivity index is 1.32. The third-order valence-electron chi connectivity index (χ3n) is 5.71. The van der Waals surface area contributed by atoms with Crippen LogP contribution in [0.25, 0.3) is 0 Å². The number of benzene rings is 2. The highest BCUT2D eigenvalue weighted by Crippen LogP contribution is 2.23. The predicted molar refractivity (Wildman–Crippen MR) is 125 cm³/mol. The van der Waals surface area contributed by atoms with Crippen molar-refractivity contribution >= 4 is 29.1 Å². The Morgan fingerprint density at radius 2 is 1.65 bits per heavy atom. The van der Waals surface area contributed by atoms with Gasteiger partial charge in [-0.3, -0.25) is 14.4 Å². The number of amides is 1. The molecule has 1 aliphatic rings. The number of carbonyl (C=O) groups excluding carboxylic acids is 1. The number of halogens is 2. The van der Waals surface area contributed by atoms with Crippen molar-refractivity contribution in [3.8, 4) is 0 Å². The van der Waals surface area contributed by atoms with Crippen molar-refractivity contribution in [2.75, 3.05) is 26.2 Å². The van der Waals surface area contributed by atoms with Gasteiger partial charge >= 0.3 is 0 Å². The Morgan fingerprint density at radius 3 is 2.26 bits per heavy atom. The minimum atomic E-state index is 0.0850. The zero-order valence-corrected chi connectivity index (χ0v) is 19.3. The maximum Gasteiger partial charge on any atom is 0.253 e. The fourth-order valence-electron chi connectivity index (χ4n) is 3.94. The molecule has 31 heavy (non-hydrogen) atoms. The van der Waals surface area contributed by atoms with E-state index in [1.807, 2.05) is 52.9 Å². The number of piperazine rings is 1. The first-order chi connectivity index (χ1) is 14.9. The highest BCUT2D eigenvalue weighted by Gasteiger charge is 2.22. The first kappa shape index (κ1) is 21.9. The highest BCUT2D eigenvalue weighted by atomic mass is 35.5. The van der Waals surface area contributed by atoms with Gasteiger partial charge < -0.3 is 4.90 Å². The van der Waals surface area contributed by atoms with Crippen molar-refractivity contribution in [1.82, 2.24) is 19.6 Å². The van der Waals surface area contributed by atoms with E-state index in [0.717, 1.165) is 47.7 Å². The molecule has 0 atom stereocenters. The molecule has 5 nitrogen and oxygen atoms in total. The molecule has 1 fully saturated rings. The molecule has 1 aliphatic heterocycles. The monoisotopic (exact) mass is 456 g/mol. The molecule has 0 bridgehead atoms. The van der Waals surface area contributed by atoms with Crippen LogP contribution in [0, 0.1) is 13.8 Å². The summed E-state index contributed by atoms with van der Waals surface area (Å²) in [5, 5.41) is 5.84. The van der Waals surface area contributed by atoms with Gasteiger partial charge in [0.25, 0.3) is 5.91 Å². The number of hydrogen-bond acceptors (Lipinski definition) is 3. The number of hydrogen-bond donors (Lipinski definition) is 0. The Bertz CT molecular complexity index is 1070. The second-order valence-electron chi connectivity index (χ2n) is 8.09. The minimum absolute atomic E-state index is 0.0850. The molecule has 1 saturated heterocycles. The minimum Gasteiger partial charge on any atom is -0.336 e. The van der Waals surface area contributed by atoms with Gasteiger partial charge in [0.2, 0.25) is 0 Å². The lowest BCUT2D eigenvalue weighted by Crippen LogP contribution is -2.48. The maximum atomic E-state index is 12.9. The lowest BCUT2D eigenvalue weighted by molar-refractivity contribution is 0.0628. The fraction of sp³-hybridized carbons (Fsp3) is 0.333. The summed E-state index contributed by atoms with van der Waals surface area (Å²) in [6, 6.07) is 15.5. The summed E-state index contributed by atoms with van der Waals surface area (Å²) < 4.78 is 1.98. The van der Waals surface area contributed by atoms with E-state index < -0.39 is 0 Å². The highest BCUT2D eigenvalue weighted by molar-refractivity contribution is 6.35. The van der Waals surface area contributed by atoms with Gasteiger partial charge in [0.15, 0.2) is 0 Å². The van der Waals surface area contributed by atoms with E-state index in [1.165, 1.54) is 0 Å². The van der Waals surface area contributed by atoms with Gasteiger partial charge in [0.1, 0.15) is 0 Å². The zero-order chi connectivity index (χ0) is 22.0. The van der Waals surface area contributed by atoms with Crippen LogP contribution < -0.4 is 0 Å². The topological polar surface area (TPSA) is 41.4 Å². The van der Waals surface area contributed by atoms with Crippen LogP contribution in [0.15, 0.2) is 48.5 Å². The molecular weight excluding hydrogens is 431 g/mol. The molecule has 0 N–H and O–H groups in total. The third kappa shape index (κ3) is 5.29. The lowest BCUT2D eigenvalue weighted by Gasteiger charge is -2.35. The van der Waals surface area contributed by atoms with Crippen molar-refractivity contribution < 1.29 is 4.79 Å². The summed E-state index contributed by atoms with van der Waals surface area (Å²) in [6.07, 6.45) is 0. The lowest BCUT2D eigenvalue weighted by atomic mass is 10.1. The van der Waals surface area contributed by atoms with Crippen LogP contribution in [0.3, 0.4) is 0 Å². The van der Waals surface area contributed by atoms with Gasteiger partial charge in [-0.25, -0.2) is 0 Å². The average molecular weight is 457 g/mol. The van der Waals surface area contributed by atoms with Crippen LogP contribution in [-0.4, -0.2) is 51.7 Å². The Hall–Kier alpha value is -2.34. The average Bonchev–Trinajstić information content (AvgIpc) is 3.07. The first-order valence-electron chi connectivity index (χ1n) is 10.4. The van der Waals surface area contributed by atoms with Crippen molar-refractivity contribution in [2.45, 2.75) is 26.9 Å². The van der Waals surface area contributed by atoms with E-state index in [9.17, 15) is 4.79 Å². The summed E-state index contributed by atoms with van der Waals surface area (Å²) in [4.78, 5) is 17.2. The first-order valence-corrected chi connectivity index (χ1v) is 11.2. The normalized spacial score (nSPS) is 14.8. The smallest absolute Gasteiger partial charge is 0.253 e. The predicted octanol–water partition coefficient (Wildman–Crippen LogP) is 4.81. The SMILES string of the molecule is Cc1cc(C)n(Cc2ccc(C(=O)N3CCN(Cc4ccc(Cl)cc4Cl)CC3)cc2)n1. The van der Waals surface area contributed by atoms with Gasteiger partial charge in [0.05, 0.1) is 12.2 Å². The largest absolute Gasteiger partial charge is 0.336 e. The van der Waals surface area contributed by atoms with Gasteiger partial charge in [-0.05, 0) is 55.3 Å². The van der Waals surface area contributed by atoms with Crippen LogP contribution in [-0.2, 0) is 13.1 Å². The summed E-state index contributed by atoms with van der Waals surface area (Å²) in [5.41, 5.74) is 5.07. The van der Waals surface area contributed by atoms with Crippen molar-refractivity contribution in [1.29, 1.82) is 0 Å². The molecule has 2 heterocycles. The van der Waals surface area contributed by atoms with Gasteiger partial charge in [-0.2, -0.15) is 5.10 Å². The standard InChI is InChI=1S/C24H26Cl2N4O/c1-17-13-18(2)30(27-17)15-19-3-5-20(6-4-19)24(31)29-11-9-28(10-12-29)16-21-7-8-22(25)14-23(21)26/h3-8,13-14H,9-12,15-16H2,1-2H3. The molecule has 0 saturated carbocycles.